The fourth-order valence-electron chi connectivity index (χ4n) is 3.03. The van der Waals surface area contributed by atoms with Crippen molar-refractivity contribution in [3.05, 3.63) is 28.7 Å². The molecule has 3 rings (SSSR count). The molecule has 0 saturated carbocycles. The number of H-pyrrole nitrogens is 1. The normalized spacial score (nSPS) is 18.8. The maximum atomic E-state index is 12.2. The SMILES string of the molecule is CC(C)(C)OC(=O)N1CCCC(Nc2ccc3oc(=O)[nH]c3c2)CC1. The highest BCUT2D eigenvalue weighted by molar-refractivity contribution is 5.76. The standard InChI is InChI=1S/C18H25N3O4/c1-18(2,3)25-17(23)21-9-4-5-12(8-10-21)19-13-6-7-15-14(11-13)20-16(22)24-15/h6-7,11-12,19H,4-5,8-10H2,1-3H3,(H,20,22). The number of carbonyl (C=O) groups excluding carboxylic acids is 1. The van der Waals surface area contributed by atoms with Gasteiger partial charge < -0.3 is 19.4 Å². The maximum absolute atomic E-state index is 12.2. The van der Waals surface area contributed by atoms with Crippen LogP contribution in [0.5, 0.6) is 0 Å². The summed E-state index contributed by atoms with van der Waals surface area (Å²) in [5.74, 6) is -0.449. The van der Waals surface area contributed by atoms with Gasteiger partial charge in [-0.25, -0.2) is 9.59 Å². The Hall–Kier alpha value is -2.44. The Morgan fingerprint density at radius 3 is 2.88 bits per heavy atom. The molecule has 0 aliphatic carbocycles. The molecule has 1 amide bonds. The minimum atomic E-state index is -0.474. The first-order valence-corrected chi connectivity index (χ1v) is 8.67. The number of carbonyl (C=O) groups is 1. The molecule has 0 bridgehead atoms. The number of amides is 1. The average molecular weight is 347 g/mol. The molecule has 1 aliphatic rings. The molecule has 1 saturated heterocycles. The Bertz CT molecular complexity index is 802. The predicted octanol–water partition coefficient (Wildman–Crippen LogP) is 3.32. The van der Waals surface area contributed by atoms with E-state index in [1.807, 2.05) is 32.9 Å². The minimum absolute atomic E-state index is 0.245. The number of nitrogens with one attached hydrogen (secondary N) is 2. The molecular formula is C18H25N3O4. The number of aromatic nitrogens is 1. The number of likely N-dealkylation sites (tertiary alicyclic amines) is 1. The third kappa shape index (κ3) is 4.55. The second-order valence-corrected chi connectivity index (χ2v) is 7.47. The van der Waals surface area contributed by atoms with Crippen LogP contribution in [-0.4, -0.2) is 40.7 Å². The van der Waals surface area contributed by atoms with E-state index >= 15 is 0 Å². The van der Waals surface area contributed by atoms with Crippen LogP contribution in [0.3, 0.4) is 0 Å². The molecule has 1 atom stereocenters. The molecule has 7 heteroatoms. The van der Waals surface area contributed by atoms with Crippen molar-refractivity contribution < 1.29 is 13.9 Å². The van der Waals surface area contributed by atoms with E-state index in [1.54, 1.807) is 11.0 Å². The average Bonchev–Trinajstić information content (AvgIpc) is 2.72. The van der Waals surface area contributed by atoms with Gasteiger partial charge in [0.05, 0.1) is 5.52 Å². The lowest BCUT2D eigenvalue weighted by Gasteiger charge is -2.26. The Kier molecular flexibility index (Phi) is 4.74. The van der Waals surface area contributed by atoms with Crippen LogP contribution in [0.25, 0.3) is 11.1 Å². The van der Waals surface area contributed by atoms with E-state index in [2.05, 4.69) is 10.3 Å². The molecule has 0 spiro atoms. The van der Waals surface area contributed by atoms with E-state index in [4.69, 9.17) is 9.15 Å². The smallest absolute Gasteiger partial charge is 0.417 e. The fraction of sp³-hybridized carbons (Fsp3) is 0.556. The van der Waals surface area contributed by atoms with Crippen LogP contribution in [0.2, 0.25) is 0 Å². The first kappa shape index (κ1) is 17.4. The van der Waals surface area contributed by atoms with Crippen LogP contribution >= 0.6 is 0 Å². The van der Waals surface area contributed by atoms with Gasteiger partial charge >= 0.3 is 11.8 Å². The summed E-state index contributed by atoms with van der Waals surface area (Å²) in [6, 6.07) is 5.81. The molecule has 7 nitrogen and oxygen atoms in total. The Morgan fingerprint density at radius 1 is 1.32 bits per heavy atom. The first-order valence-electron chi connectivity index (χ1n) is 8.67. The van der Waals surface area contributed by atoms with Gasteiger partial charge in [0.25, 0.3) is 0 Å². The number of oxazole rings is 1. The lowest BCUT2D eigenvalue weighted by molar-refractivity contribution is 0.0256. The van der Waals surface area contributed by atoms with E-state index in [-0.39, 0.29) is 12.1 Å². The number of nitrogens with zero attached hydrogens (tertiary/aromatic N) is 1. The summed E-state index contributed by atoms with van der Waals surface area (Å²) in [5.41, 5.74) is 1.68. The van der Waals surface area contributed by atoms with E-state index in [9.17, 15) is 9.59 Å². The van der Waals surface area contributed by atoms with E-state index < -0.39 is 11.4 Å². The van der Waals surface area contributed by atoms with Gasteiger partial charge in [0.15, 0.2) is 5.58 Å². The molecule has 1 fully saturated rings. The zero-order valence-corrected chi connectivity index (χ0v) is 14.9. The van der Waals surface area contributed by atoms with Gasteiger partial charge in [-0.1, -0.05) is 0 Å². The van der Waals surface area contributed by atoms with Crippen LogP contribution in [0, 0.1) is 0 Å². The fourth-order valence-corrected chi connectivity index (χ4v) is 3.03. The number of aromatic amines is 1. The summed E-state index contributed by atoms with van der Waals surface area (Å²) in [5, 5.41) is 3.49. The van der Waals surface area contributed by atoms with E-state index in [1.165, 1.54) is 0 Å². The number of anilines is 1. The molecule has 1 aliphatic heterocycles. The summed E-state index contributed by atoms with van der Waals surface area (Å²) in [6.45, 7) is 7.01. The maximum Gasteiger partial charge on any atom is 0.417 e. The largest absolute Gasteiger partial charge is 0.444 e. The summed E-state index contributed by atoms with van der Waals surface area (Å²) >= 11 is 0. The van der Waals surface area contributed by atoms with Gasteiger partial charge in [-0.05, 0) is 58.2 Å². The second-order valence-electron chi connectivity index (χ2n) is 7.47. The van der Waals surface area contributed by atoms with Crippen molar-refractivity contribution >= 4 is 22.9 Å². The monoisotopic (exact) mass is 347 g/mol. The highest BCUT2D eigenvalue weighted by atomic mass is 16.6. The van der Waals surface area contributed by atoms with Crippen molar-refractivity contribution in [1.82, 2.24) is 9.88 Å². The molecular weight excluding hydrogens is 322 g/mol. The molecule has 25 heavy (non-hydrogen) atoms. The van der Waals surface area contributed by atoms with E-state index in [0.29, 0.717) is 24.2 Å². The van der Waals surface area contributed by atoms with E-state index in [0.717, 1.165) is 24.9 Å². The highest BCUT2D eigenvalue weighted by Gasteiger charge is 2.25. The van der Waals surface area contributed by atoms with Crippen molar-refractivity contribution in [2.45, 2.75) is 51.7 Å². The number of hydrogen-bond donors (Lipinski definition) is 2. The summed E-state index contributed by atoms with van der Waals surface area (Å²) in [7, 11) is 0. The zero-order valence-electron chi connectivity index (χ0n) is 14.9. The van der Waals surface area contributed by atoms with Crippen molar-refractivity contribution in [3.8, 4) is 0 Å². The van der Waals surface area contributed by atoms with Gasteiger partial charge in [-0.15, -0.1) is 0 Å². The van der Waals surface area contributed by atoms with Crippen molar-refractivity contribution in [2.24, 2.45) is 0 Å². The summed E-state index contributed by atoms with van der Waals surface area (Å²) < 4.78 is 10.5. The van der Waals surface area contributed by atoms with Crippen LogP contribution in [0.4, 0.5) is 10.5 Å². The zero-order chi connectivity index (χ0) is 18.0. The van der Waals surface area contributed by atoms with Gasteiger partial charge in [-0.3, -0.25) is 4.98 Å². The molecule has 1 aromatic carbocycles. The number of rotatable bonds is 2. The quantitative estimate of drug-likeness (QED) is 0.870. The van der Waals surface area contributed by atoms with Gasteiger partial charge in [0.2, 0.25) is 0 Å². The van der Waals surface area contributed by atoms with Crippen molar-refractivity contribution in [1.29, 1.82) is 0 Å². The molecule has 0 radical (unpaired) electrons. The van der Waals surface area contributed by atoms with Crippen LogP contribution in [-0.2, 0) is 4.74 Å². The van der Waals surface area contributed by atoms with Gasteiger partial charge in [0.1, 0.15) is 5.60 Å². The van der Waals surface area contributed by atoms with Crippen LogP contribution < -0.4 is 11.1 Å². The minimum Gasteiger partial charge on any atom is -0.444 e. The third-order valence-corrected chi connectivity index (χ3v) is 4.17. The number of benzene rings is 1. The summed E-state index contributed by atoms with van der Waals surface area (Å²) in [4.78, 5) is 27.9. The van der Waals surface area contributed by atoms with Crippen LogP contribution in [0.15, 0.2) is 27.4 Å². The Labute approximate surface area is 146 Å². The third-order valence-electron chi connectivity index (χ3n) is 4.17. The number of fused-ring (bicyclic) bond motifs is 1. The molecule has 1 unspecified atom stereocenters. The lowest BCUT2D eigenvalue weighted by Crippen LogP contribution is -2.37. The molecule has 1 aromatic heterocycles. The molecule has 136 valence electrons. The van der Waals surface area contributed by atoms with Crippen molar-refractivity contribution in [2.75, 3.05) is 18.4 Å². The molecule has 2 heterocycles. The van der Waals surface area contributed by atoms with Gasteiger partial charge in [-0.2, -0.15) is 0 Å². The van der Waals surface area contributed by atoms with Crippen molar-refractivity contribution in [3.63, 3.8) is 0 Å². The Balaban J connectivity index is 1.60. The first-order chi connectivity index (χ1) is 11.8. The predicted molar refractivity (Wildman–Crippen MR) is 95.9 cm³/mol. The number of hydrogen-bond acceptors (Lipinski definition) is 5. The molecule has 2 aromatic rings. The summed E-state index contributed by atoms with van der Waals surface area (Å²) in [6.07, 6.45) is 2.49. The van der Waals surface area contributed by atoms with Gasteiger partial charge in [0, 0.05) is 24.8 Å². The lowest BCUT2D eigenvalue weighted by atomic mass is 10.1. The number of ether oxygens (including phenoxy) is 1. The highest BCUT2D eigenvalue weighted by Crippen LogP contribution is 2.21. The second kappa shape index (κ2) is 6.82. The molecule has 2 N–H and O–H groups in total. The van der Waals surface area contributed by atoms with Crippen LogP contribution in [0.1, 0.15) is 40.0 Å². The Morgan fingerprint density at radius 2 is 2.12 bits per heavy atom. The topological polar surface area (TPSA) is 87.6 Å².